The second-order valence-electron chi connectivity index (χ2n) is 7.63. The molecule has 1 amide bonds. The minimum Gasteiger partial charge on any atom is -0.495 e. The van der Waals surface area contributed by atoms with Crippen LogP contribution >= 0.6 is 11.8 Å². The van der Waals surface area contributed by atoms with Crippen molar-refractivity contribution in [1.82, 2.24) is 14.8 Å². The number of methoxy groups -OCH3 is 1. The Morgan fingerprint density at radius 3 is 2.58 bits per heavy atom. The van der Waals surface area contributed by atoms with Gasteiger partial charge in [-0.25, -0.2) is 0 Å². The Labute approximate surface area is 194 Å². The molecule has 0 aliphatic rings. The highest BCUT2D eigenvalue weighted by atomic mass is 32.2. The molecular weight excluding hydrogens is 436 g/mol. The van der Waals surface area contributed by atoms with Crippen molar-refractivity contribution >= 4 is 45.3 Å². The summed E-state index contributed by atoms with van der Waals surface area (Å²) in [6.07, 6.45) is 0. The molecule has 1 atom stereocenters. The summed E-state index contributed by atoms with van der Waals surface area (Å²) >= 11 is 1.35. The number of hydrogen-bond acceptors (Lipinski definition) is 6. The Hall–Kier alpha value is -3.78. The molecule has 0 radical (unpaired) electrons. The van der Waals surface area contributed by atoms with E-state index >= 15 is 0 Å². The Kier molecular flexibility index (Phi) is 5.51. The van der Waals surface area contributed by atoms with E-state index in [4.69, 9.17) is 9.15 Å². The van der Waals surface area contributed by atoms with E-state index in [1.807, 2.05) is 79.2 Å². The van der Waals surface area contributed by atoms with E-state index < -0.39 is 5.25 Å². The molecule has 3 aromatic carbocycles. The first-order valence-electron chi connectivity index (χ1n) is 10.5. The quantitative estimate of drug-likeness (QED) is 0.338. The number of carbonyl (C=O) groups excluding carboxylic acids is 1. The van der Waals surface area contributed by atoms with Crippen LogP contribution in [0.5, 0.6) is 5.75 Å². The van der Waals surface area contributed by atoms with Crippen LogP contribution < -0.4 is 10.1 Å². The van der Waals surface area contributed by atoms with E-state index in [9.17, 15) is 4.79 Å². The number of nitrogens with zero attached hydrogens (tertiary/aromatic N) is 3. The van der Waals surface area contributed by atoms with E-state index in [1.165, 1.54) is 11.8 Å². The molecule has 0 unspecified atom stereocenters. The van der Waals surface area contributed by atoms with Crippen LogP contribution in [0.1, 0.15) is 6.92 Å². The molecule has 166 valence electrons. The number of nitrogens with one attached hydrogen (secondary N) is 1. The summed E-state index contributed by atoms with van der Waals surface area (Å²) in [5, 5.41) is 13.7. The van der Waals surface area contributed by atoms with Crippen LogP contribution in [-0.4, -0.2) is 33.0 Å². The smallest absolute Gasteiger partial charge is 0.237 e. The van der Waals surface area contributed by atoms with Gasteiger partial charge >= 0.3 is 0 Å². The van der Waals surface area contributed by atoms with E-state index in [-0.39, 0.29) is 5.91 Å². The normalized spacial score (nSPS) is 12.2. The third-order valence-corrected chi connectivity index (χ3v) is 6.61. The van der Waals surface area contributed by atoms with Crippen LogP contribution in [0.15, 0.2) is 76.3 Å². The largest absolute Gasteiger partial charge is 0.495 e. The molecule has 33 heavy (non-hydrogen) atoms. The van der Waals surface area contributed by atoms with Gasteiger partial charge in [-0.2, -0.15) is 0 Å². The van der Waals surface area contributed by atoms with Gasteiger partial charge < -0.3 is 19.0 Å². The zero-order chi connectivity index (χ0) is 22.9. The van der Waals surface area contributed by atoms with Crippen LogP contribution in [-0.2, 0) is 11.8 Å². The Morgan fingerprint density at radius 1 is 1.03 bits per heavy atom. The van der Waals surface area contributed by atoms with Gasteiger partial charge in [-0.15, -0.1) is 10.2 Å². The van der Waals surface area contributed by atoms with Crippen molar-refractivity contribution < 1.29 is 13.9 Å². The number of amides is 1. The minimum atomic E-state index is -0.410. The Balaban J connectivity index is 1.37. The summed E-state index contributed by atoms with van der Waals surface area (Å²) < 4.78 is 13.4. The maximum atomic E-state index is 13.0. The van der Waals surface area contributed by atoms with Crippen molar-refractivity contribution in [3.63, 3.8) is 0 Å². The maximum Gasteiger partial charge on any atom is 0.237 e. The molecule has 2 heterocycles. The average molecular weight is 459 g/mol. The number of ether oxygens (including phenoxy) is 1. The standard InChI is InChI=1S/C25H22N4O3S/c1-15(33-25-28-27-23(29(25)2)16-9-5-4-6-10-16)24(30)26-19-14-21-18(13-22(19)31-3)17-11-7-8-12-20(17)32-21/h4-15H,1-3H3,(H,26,30)/t15-/m0/s1. The van der Waals surface area contributed by atoms with Crippen molar-refractivity contribution in [3.05, 3.63) is 66.7 Å². The third-order valence-electron chi connectivity index (χ3n) is 5.48. The van der Waals surface area contributed by atoms with Crippen LogP contribution in [0.3, 0.4) is 0 Å². The molecule has 0 aliphatic carbocycles. The van der Waals surface area contributed by atoms with Crippen LogP contribution in [0.4, 0.5) is 5.69 Å². The van der Waals surface area contributed by atoms with Crippen LogP contribution in [0, 0.1) is 0 Å². The molecule has 0 bridgehead atoms. The molecule has 0 aliphatic heterocycles. The molecule has 7 nitrogen and oxygen atoms in total. The van der Waals surface area contributed by atoms with Gasteiger partial charge in [-0.05, 0) is 19.1 Å². The molecule has 0 fully saturated rings. The summed E-state index contributed by atoms with van der Waals surface area (Å²) in [5.74, 6) is 1.16. The molecular formula is C25H22N4O3S. The lowest BCUT2D eigenvalue weighted by Crippen LogP contribution is -2.23. The van der Waals surface area contributed by atoms with Gasteiger partial charge in [0.25, 0.3) is 0 Å². The molecule has 0 saturated carbocycles. The highest BCUT2D eigenvalue weighted by Crippen LogP contribution is 2.37. The maximum absolute atomic E-state index is 13.0. The van der Waals surface area contributed by atoms with Crippen LogP contribution in [0.25, 0.3) is 33.3 Å². The number of fused-ring (bicyclic) bond motifs is 3. The van der Waals surface area contributed by atoms with Gasteiger partial charge in [0.1, 0.15) is 16.9 Å². The number of thioether (sulfide) groups is 1. The van der Waals surface area contributed by atoms with Gasteiger partial charge in [-0.1, -0.05) is 60.3 Å². The summed E-state index contributed by atoms with van der Waals surface area (Å²) in [7, 11) is 3.48. The summed E-state index contributed by atoms with van der Waals surface area (Å²) in [5.41, 5.74) is 3.01. The monoisotopic (exact) mass is 458 g/mol. The van der Waals surface area contributed by atoms with Gasteiger partial charge in [0.15, 0.2) is 11.0 Å². The van der Waals surface area contributed by atoms with Gasteiger partial charge in [0.2, 0.25) is 5.91 Å². The van der Waals surface area contributed by atoms with Gasteiger partial charge in [0, 0.05) is 29.4 Å². The van der Waals surface area contributed by atoms with Crippen molar-refractivity contribution in [2.24, 2.45) is 7.05 Å². The molecule has 0 saturated heterocycles. The van der Waals surface area contributed by atoms with Crippen molar-refractivity contribution in [1.29, 1.82) is 0 Å². The predicted molar refractivity (Wildman–Crippen MR) is 131 cm³/mol. The number of aromatic nitrogens is 3. The second kappa shape index (κ2) is 8.63. The molecule has 0 spiro atoms. The number of para-hydroxylation sites is 1. The number of furan rings is 1. The first kappa shape index (κ1) is 21.1. The zero-order valence-electron chi connectivity index (χ0n) is 18.4. The summed E-state index contributed by atoms with van der Waals surface area (Å²) in [6, 6.07) is 21.4. The lowest BCUT2D eigenvalue weighted by Gasteiger charge is -2.14. The zero-order valence-corrected chi connectivity index (χ0v) is 19.2. The topological polar surface area (TPSA) is 82.2 Å². The molecule has 1 N–H and O–H groups in total. The first-order chi connectivity index (χ1) is 16.0. The fourth-order valence-electron chi connectivity index (χ4n) is 3.72. The van der Waals surface area contributed by atoms with Gasteiger partial charge in [-0.3, -0.25) is 4.79 Å². The lowest BCUT2D eigenvalue weighted by atomic mass is 10.1. The summed E-state index contributed by atoms with van der Waals surface area (Å²) in [6.45, 7) is 1.84. The summed E-state index contributed by atoms with van der Waals surface area (Å²) in [4.78, 5) is 13.0. The fraction of sp³-hybridized carbons (Fsp3) is 0.160. The molecule has 5 aromatic rings. The highest BCUT2D eigenvalue weighted by Gasteiger charge is 2.21. The van der Waals surface area contributed by atoms with Crippen molar-refractivity contribution in [3.8, 4) is 17.1 Å². The number of carbonyl (C=O) groups is 1. The minimum absolute atomic E-state index is 0.168. The Bertz CT molecular complexity index is 1460. The predicted octanol–water partition coefficient (Wildman–Crippen LogP) is 5.51. The number of benzene rings is 3. The van der Waals surface area contributed by atoms with Crippen molar-refractivity contribution in [2.75, 3.05) is 12.4 Å². The van der Waals surface area contributed by atoms with E-state index in [0.29, 0.717) is 22.2 Å². The van der Waals surface area contributed by atoms with Crippen LogP contribution in [0.2, 0.25) is 0 Å². The number of anilines is 1. The average Bonchev–Trinajstić information content (AvgIpc) is 3.38. The highest BCUT2D eigenvalue weighted by molar-refractivity contribution is 8.00. The number of hydrogen-bond donors (Lipinski definition) is 1. The molecule has 8 heteroatoms. The van der Waals surface area contributed by atoms with E-state index in [0.717, 1.165) is 27.7 Å². The van der Waals surface area contributed by atoms with Crippen molar-refractivity contribution in [2.45, 2.75) is 17.3 Å². The SMILES string of the molecule is COc1cc2c(cc1NC(=O)[C@H](C)Sc1nnc(-c3ccccc3)n1C)oc1ccccc12. The Morgan fingerprint density at radius 2 is 1.79 bits per heavy atom. The lowest BCUT2D eigenvalue weighted by molar-refractivity contribution is -0.115. The van der Waals surface area contributed by atoms with E-state index in [1.54, 1.807) is 13.2 Å². The molecule has 5 rings (SSSR count). The van der Waals surface area contributed by atoms with Gasteiger partial charge in [0.05, 0.1) is 18.0 Å². The number of rotatable bonds is 6. The second-order valence-corrected chi connectivity index (χ2v) is 8.94. The third kappa shape index (κ3) is 3.93. The molecule has 2 aromatic heterocycles. The fourth-order valence-corrected chi connectivity index (χ4v) is 4.53. The van der Waals surface area contributed by atoms with E-state index in [2.05, 4.69) is 15.5 Å². The first-order valence-corrected chi connectivity index (χ1v) is 11.3.